The Hall–Kier alpha value is -0.860. The molecule has 1 rings (SSSR count). The van der Waals surface area contributed by atoms with Crippen LogP contribution >= 0.6 is 0 Å². The average Bonchev–Trinajstić information content (AvgIpc) is 2.17. The molecule has 0 heterocycles. The lowest BCUT2D eigenvalue weighted by atomic mass is 10.1. The summed E-state index contributed by atoms with van der Waals surface area (Å²) in [5, 5.41) is 3.40. The Balaban J connectivity index is 2.31. The highest BCUT2D eigenvalue weighted by Gasteiger charge is 1.98. The molecule has 3 N–H and O–H groups in total. The van der Waals surface area contributed by atoms with Crippen LogP contribution in [0.25, 0.3) is 0 Å². The fraction of sp³-hybridized carbons (Fsp3) is 0.500. The minimum atomic E-state index is 0.555. The van der Waals surface area contributed by atoms with Crippen molar-refractivity contribution in [3.63, 3.8) is 0 Å². The summed E-state index contributed by atoms with van der Waals surface area (Å²) in [5.74, 6) is 0.555. The van der Waals surface area contributed by atoms with Crippen LogP contribution in [0.3, 0.4) is 0 Å². The number of benzene rings is 1. The van der Waals surface area contributed by atoms with E-state index in [-0.39, 0.29) is 0 Å². The first-order valence-electron chi connectivity index (χ1n) is 5.18. The molecule has 2 nitrogen and oxygen atoms in total. The zero-order valence-corrected chi connectivity index (χ0v) is 9.09. The van der Waals surface area contributed by atoms with Crippen molar-refractivity contribution in [3.8, 4) is 0 Å². The second kappa shape index (κ2) is 5.78. The maximum atomic E-state index is 5.54. The number of nitrogens with one attached hydrogen (secondary N) is 1. The lowest BCUT2D eigenvalue weighted by molar-refractivity contribution is 0.522. The number of nitrogens with two attached hydrogens (primary N) is 1. The van der Waals surface area contributed by atoms with Crippen LogP contribution in [0.4, 0.5) is 0 Å². The minimum absolute atomic E-state index is 0.555. The fourth-order valence-electron chi connectivity index (χ4n) is 1.37. The predicted octanol–water partition coefficient (Wildman–Crippen LogP) is 1.68. The van der Waals surface area contributed by atoms with Gasteiger partial charge in [0.25, 0.3) is 0 Å². The van der Waals surface area contributed by atoms with Gasteiger partial charge in [0.2, 0.25) is 0 Å². The van der Waals surface area contributed by atoms with Crippen LogP contribution in [0.2, 0.25) is 0 Å². The van der Waals surface area contributed by atoms with Crippen LogP contribution in [0.5, 0.6) is 0 Å². The molecule has 1 atom stereocenters. The van der Waals surface area contributed by atoms with Gasteiger partial charge in [-0.25, -0.2) is 0 Å². The van der Waals surface area contributed by atoms with Crippen molar-refractivity contribution in [2.75, 3.05) is 13.1 Å². The number of aryl methyl sites for hydroxylation is 1. The summed E-state index contributed by atoms with van der Waals surface area (Å²) in [7, 11) is 0. The molecule has 0 aliphatic heterocycles. The third-order valence-electron chi connectivity index (χ3n) is 2.31. The summed E-state index contributed by atoms with van der Waals surface area (Å²) >= 11 is 0. The van der Waals surface area contributed by atoms with Gasteiger partial charge in [-0.2, -0.15) is 0 Å². The largest absolute Gasteiger partial charge is 0.330 e. The van der Waals surface area contributed by atoms with Gasteiger partial charge in [0.15, 0.2) is 0 Å². The van der Waals surface area contributed by atoms with E-state index in [4.69, 9.17) is 5.73 Å². The Labute approximate surface area is 86.5 Å². The van der Waals surface area contributed by atoms with E-state index in [0.29, 0.717) is 5.92 Å². The van der Waals surface area contributed by atoms with Gasteiger partial charge in [0, 0.05) is 6.54 Å². The molecule has 78 valence electrons. The molecule has 1 aromatic carbocycles. The van der Waals surface area contributed by atoms with Gasteiger partial charge in [0.05, 0.1) is 0 Å². The molecule has 14 heavy (non-hydrogen) atoms. The monoisotopic (exact) mass is 192 g/mol. The highest BCUT2D eigenvalue weighted by molar-refractivity contribution is 5.21. The lowest BCUT2D eigenvalue weighted by Gasteiger charge is -2.10. The first-order chi connectivity index (χ1) is 6.72. The quantitative estimate of drug-likeness (QED) is 0.745. The van der Waals surface area contributed by atoms with E-state index >= 15 is 0 Å². The molecule has 0 fully saturated rings. The zero-order chi connectivity index (χ0) is 10.4. The van der Waals surface area contributed by atoms with E-state index < -0.39 is 0 Å². The maximum Gasteiger partial charge on any atom is 0.0205 e. The number of rotatable bonds is 5. The van der Waals surface area contributed by atoms with Crippen molar-refractivity contribution in [1.29, 1.82) is 0 Å². The molecule has 1 unspecified atom stereocenters. The number of hydrogen-bond acceptors (Lipinski definition) is 2. The molecule has 0 amide bonds. The second-order valence-corrected chi connectivity index (χ2v) is 3.96. The lowest BCUT2D eigenvalue weighted by Crippen LogP contribution is -2.25. The zero-order valence-electron chi connectivity index (χ0n) is 9.09. The predicted molar refractivity (Wildman–Crippen MR) is 61.1 cm³/mol. The van der Waals surface area contributed by atoms with Gasteiger partial charge in [-0.15, -0.1) is 0 Å². The molecule has 2 heteroatoms. The van der Waals surface area contributed by atoms with Crippen molar-refractivity contribution >= 4 is 0 Å². The van der Waals surface area contributed by atoms with Crippen molar-refractivity contribution in [2.24, 2.45) is 11.7 Å². The third-order valence-corrected chi connectivity index (χ3v) is 2.31. The van der Waals surface area contributed by atoms with Gasteiger partial charge in [-0.05, 0) is 31.5 Å². The van der Waals surface area contributed by atoms with Crippen LogP contribution in [0.1, 0.15) is 18.1 Å². The van der Waals surface area contributed by atoms with Gasteiger partial charge in [-0.3, -0.25) is 0 Å². The smallest absolute Gasteiger partial charge is 0.0205 e. The molecule has 0 saturated heterocycles. The van der Waals surface area contributed by atoms with Gasteiger partial charge < -0.3 is 11.1 Å². The molecule has 0 radical (unpaired) electrons. The second-order valence-electron chi connectivity index (χ2n) is 3.96. The summed E-state index contributed by atoms with van der Waals surface area (Å²) in [6.07, 6.45) is 0. The third kappa shape index (κ3) is 3.90. The number of hydrogen-bond donors (Lipinski definition) is 2. The van der Waals surface area contributed by atoms with Gasteiger partial charge >= 0.3 is 0 Å². The Morgan fingerprint density at radius 3 is 2.86 bits per heavy atom. The van der Waals surface area contributed by atoms with E-state index in [0.717, 1.165) is 19.6 Å². The van der Waals surface area contributed by atoms with Crippen molar-refractivity contribution in [2.45, 2.75) is 20.4 Å². The minimum Gasteiger partial charge on any atom is -0.330 e. The summed E-state index contributed by atoms with van der Waals surface area (Å²) in [5.41, 5.74) is 8.19. The van der Waals surface area contributed by atoms with E-state index in [1.54, 1.807) is 0 Å². The molecule has 0 aromatic heterocycles. The maximum absolute atomic E-state index is 5.54. The molecule has 0 aliphatic carbocycles. The van der Waals surface area contributed by atoms with Crippen LogP contribution in [0.15, 0.2) is 24.3 Å². The topological polar surface area (TPSA) is 38.0 Å². The van der Waals surface area contributed by atoms with E-state index in [9.17, 15) is 0 Å². The standard InChI is InChI=1S/C12H20N2/c1-10-4-3-5-12(6-10)9-14-8-11(2)7-13/h3-6,11,14H,7-9,13H2,1-2H3. The molecule has 1 aromatic rings. The van der Waals surface area contributed by atoms with Crippen LogP contribution in [-0.4, -0.2) is 13.1 Å². The summed E-state index contributed by atoms with van der Waals surface area (Å²) in [6.45, 7) is 6.95. The van der Waals surface area contributed by atoms with E-state index in [1.807, 2.05) is 0 Å². The molecular formula is C12H20N2. The molecule has 0 saturated carbocycles. The van der Waals surface area contributed by atoms with Crippen LogP contribution in [-0.2, 0) is 6.54 Å². The van der Waals surface area contributed by atoms with Gasteiger partial charge in [0.1, 0.15) is 0 Å². The normalized spacial score (nSPS) is 12.8. The van der Waals surface area contributed by atoms with Gasteiger partial charge in [-0.1, -0.05) is 36.8 Å². The molecular weight excluding hydrogens is 172 g/mol. The summed E-state index contributed by atoms with van der Waals surface area (Å²) < 4.78 is 0. The first kappa shape index (κ1) is 11.2. The molecule has 0 spiro atoms. The van der Waals surface area contributed by atoms with E-state index in [1.165, 1.54) is 11.1 Å². The van der Waals surface area contributed by atoms with Crippen molar-refractivity contribution < 1.29 is 0 Å². The molecule has 0 aliphatic rings. The summed E-state index contributed by atoms with van der Waals surface area (Å²) in [4.78, 5) is 0. The summed E-state index contributed by atoms with van der Waals surface area (Å²) in [6, 6.07) is 8.57. The Morgan fingerprint density at radius 2 is 2.21 bits per heavy atom. The SMILES string of the molecule is Cc1cccc(CNCC(C)CN)c1. The Bertz CT molecular complexity index is 271. The highest BCUT2D eigenvalue weighted by Crippen LogP contribution is 2.03. The van der Waals surface area contributed by atoms with Crippen LogP contribution < -0.4 is 11.1 Å². The van der Waals surface area contributed by atoms with Crippen molar-refractivity contribution in [3.05, 3.63) is 35.4 Å². The Morgan fingerprint density at radius 1 is 1.43 bits per heavy atom. The molecule has 0 bridgehead atoms. The first-order valence-corrected chi connectivity index (χ1v) is 5.18. The highest BCUT2D eigenvalue weighted by atomic mass is 14.9. The van der Waals surface area contributed by atoms with Crippen LogP contribution in [0, 0.1) is 12.8 Å². The average molecular weight is 192 g/mol. The van der Waals surface area contributed by atoms with E-state index in [2.05, 4.69) is 43.4 Å². The van der Waals surface area contributed by atoms with Crippen molar-refractivity contribution in [1.82, 2.24) is 5.32 Å². The Kier molecular flexibility index (Phi) is 4.63. The fourth-order valence-corrected chi connectivity index (χ4v) is 1.37.